The number of hydrogen-bond donors (Lipinski definition) is 2. The Kier molecular flexibility index (Phi) is 4.85. The van der Waals surface area contributed by atoms with E-state index in [9.17, 15) is 4.79 Å². The van der Waals surface area contributed by atoms with Crippen LogP contribution >= 0.6 is 11.3 Å². The highest BCUT2D eigenvalue weighted by Crippen LogP contribution is 2.14. The van der Waals surface area contributed by atoms with Gasteiger partial charge < -0.3 is 11.1 Å². The van der Waals surface area contributed by atoms with Gasteiger partial charge in [-0.2, -0.15) is 5.10 Å². The van der Waals surface area contributed by atoms with Crippen LogP contribution < -0.4 is 11.1 Å². The molecule has 0 atom stereocenters. The Labute approximate surface area is 138 Å². The molecule has 0 unspecified atom stereocenters. The molecule has 1 amide bonds. The fourth-order valence-corrected chi connectivity index (χ4v) is 3.12. The molecule has 0 radical (unpaired) electrons. The highest BCUT2D eigenvalue weighted by molar-refractivity contribution is 7.10. The normalized spacial score (nSPS) is 10.8. The number of nitrogens with zero attached hydrogens (tertiary/aromatic N) is 2. The van der Waals surface area contributed by atoms with Gasteiger partial charge in [0, 0.05) is 35.7 Å². The summed E-state index contributed by atoms with van der Waals surface area (Å²) in [7, 11) is 0. The summed E-state index contributed by atoms with van der Waals surface area (Å²) in [5.41, 5.74) is 8.28. The minimum absolute atomic E-state index is 0.375. The maximum absolute atomic E-state index is 11.1. The first-order valence-corrected chi connectivity index (χ1v) is 8.22. The Balaban J connectivity index is 1.49. The third-order valence-electron chi connectivity index (χ3n) is 3.49. The van der Waals surface area contributed by atoms with Crippen LogP contribution in [0.4, 0.5) is 0 Å². The van der Waals surface area contributed by atoms with Gasteiger partial charge in [-0.05, 0) is 23.3 Å². The van der Waals surface area contributed by atoms with Gasteiger partial charge in [0.05, 0.1) is 12.1 Å². The Morgan fingerprint density at radius 1 is 1.22 bits per heavy atom. The standard InChI is InChI=1S/C17H18N4OS/c18-17(22)15-8-16(23-12-15)10-19-9-13-2-4-14(5-3-13)11-21-7-1-6-20-21/h1-8,12,19H,9-11H2,(H2,18,22). The molecule has 0 fully saturated rings. The summed E-state index contributed by atoms with van der Waals surface area (Å²) in [5, 5.41) is 9.38. The van der Waals surface area contributed by atoms with Crippen LogP contribution in [-0.2, 0) is 19.6 Å². The number of nitrogens with one attached hydrogen (secondary N) is 1. The molecule has 2 heterocycles. The van der Waals surface area contributed by atoms with E-state index in [0.29, 0.717) is 5.56 Å². The maximum atomic E-state index is 11.1. The topological polar surface area (TPSA) is 72.9 Å². The lowest BCUT2D eigenvalue weighted by atomic mass is 10.1. The van der Waals surface area contributed by atoms with E-state index >= 15 is 0 Å². The highest BCUT2D eigenvalue weighted by Gasteiger charge is 2.04. The third-order valence-corrected chi connectivity index (χ3v) is 4.43. The van der Waals surface area contributed by atoms with Crippen LogP contribution in [0, 0.1) is 0 Å². The van der Waals surface area contributed by atoms with Gasteiger partial charge in [-0.15, -0.1) is 11.3 Å². The number of carbonyl (C=O) groups is 1. The lowest BCUT2D eigenvalue weighted by molar-refractivity contribution is 0.100. The molecule has 3 aromatic rings. The number of nitrogens with two attached hydrogens (primary N) is 1. The number of carbonyl (C=O) groups excluding carboxylic acids is 1. The molecule has 3 N–H and O–H groups in total. The van der Waals surface area contributed by atoms with Gasteiger partial charge in [0.2, 0.25) is 5.91 Å². The quantitative estimate of drug-likeness (QED) is 0.700. The van der Waals surface area contributed by atoms with Crippen molar-refractivity contribution in [2.75, 3.05) is 0 Å². The average Bonchev–Trinajstić information content (AvgIpc) is 3.21. The minimum atomic E-state index is -0.375. The van der Waals surface area contributed by atoms with E-state index in [0.717, 1.165) is 24.5 Å². The smallest absolute Gasteiger partial charge is 0.249 e. The summed E-state index contributed by atoms with van der Waals surface area (Å²) in [6.45, 7) is 2.30. The van der Waals surface area contributed by atoms with E-state index < -0.39 is 0 Å². The average molecular weight is 326 g/mol. The van der Waals surface area contributed by atoms with Crippen LogP contribution in [0.5, 0.6) is 0 Å². The monoisotopic (exact) mass is 326 g/mol. The summed E-state index contributed by atoms with van der Waals surface area (Å²) >= 11 is 1.54. The number of thiophene rings is 1. The van der Waals surface area contributed by atoms with Gasteiger partial charge >= 0.3 is 0 Å². The van der Waals surface area contributed by atoms with E-state index in [1.54, 1.807) is 22.9 Å². The maximum Gasteiger partial charge on any atom is 0.249 e. The number of aromatic nitrogens is 2. The molecule has 0 aliphatic rings. The first-order chi connectivity index (χ1) is 11.2. The second kappa shape index (κ2) is 7.21. The molecular formula is C17H18N4OS. The molecule has 1 aromatic carbocycles. The predicted octanol–water partition coefficient (Wildman–Crippen LogP) is 2.38. The van der Waals surface area contributed by atoms with Crippen molar-refractivity contribution in [1.29, 1.82) is 0 Å². The molecule has 0 aliphatic heterocycles. The summed E-state index contributed by atoms with van der Waals surface area (Å²) in [5.74, 6) is -0.375. The number of amides is 1. The van der Waals surface area contributed by atoms with Crippen molar-refractivity contribution in [1.82, 2.24) is 15.1 Å². The number of benzene rings is 1. The molecule has 0 aliphatic carbocycles. The summed E-state index contributed by atoms with van der Waals surface area (Å²) in [6, 6.07) is 12.2. The van der Waals surface area contributed by atoms with Crippen LogP contribution in [0.15, 0.2) is 54.2 Å². The van der Waals surface area contributed by atoms with Crippen LogP contribution in [0.2, 0.25) is 0 Å². The molecule has 23 heavy (non-hydrogen) atoms. The molecule has 2 aromatic heterocycles. The van der Waals surface area contributed by atoms with Gasteiger partial charge in [0.1, 0.15) is 0 Å². The molecule has 6 heteroatoms. The van der Waals surface area contributed by atoms with E-state index in [1.165, 1.54) is 11.1 Å². The Hall–Kier alpha value is -2.44. The SMILES string of the molecule is NC(=O)c1csc(CNCc2ccc(Cn3cccn3)cc2)c1. The number of primary amides is 1. The fraction of sp³-hybridized carbons (Fsp3) is 0.176. The largest absolute Gasteiger partial charge is 0.366 e. The van der Waals surface area contributed by atoms with E-state index in [-0.39, 0.29) is 5.91 Å². The highest BCUT2D eigenvalue weighted by atomic mass is 32.1. The zero-order valence-corrected chi connectivity index (χ0v) is 13.4. The molecule has 0 spiro atoms. The second-order valence-electron chi connectivity index (χ2n) is 5.29. The Bertz CT molecular complexity index is 762. The lowest BCUT2D eigenvalue weighted by Gasteiger charge is -2.06. The van der Waals surface area contributed by atoms with E-state index in [1.807, 2.05) is 23.0 Å². The van der Waals surface area contributed by atoms with Crippen molar-refractivity contribution in [2.24, 2.45) is 5.73 Å². The van der Waals surface area contributed by atoms with E-state index in [4.69, 9.17) is 5.73 Å². The molecule has 0 saturated carbocycles. The van der Waals surface area contributed by atoms with Gasteiger partial charge in [0.15, 0.2) is 0 Å². The van der Waals surface area contributed by atoms with Crippen molar-refractivity contribution in [3.05, 3.63) is 75.7 Å². The molecule has 5 nitrogen and oxygen atoms in total. The zero-order valence-electron chi connectivity index (χ0n) is 12.6. The van der Waals surface area contributed by atoms with Crippen molar-refractivity contribution >= 4 is 17.2 Å². The van der Waals surface area contributed by atoms with Crippen molar-refractivity contribution in [2.45, 2.75) is 19.6 Å². The van der Waals surface area contributed by atoms with Gasteiger partial charge in [0.25, 0.3) is 0 Å². The first-order valence-electron chi connectivity index (χ1n) is 7.34. The van der Waals surface area contributed by atoms with E-state index in [2.05, 4.69) is 34.7 Å². The van der Waals surface area contributed by atoms with Crippen LogP contribution in [0.1, 0.15) is 26.4 Å². The second-order valence-corrected chi connectivity index (χ2v) is 6.29. The lowest BCUT2D eigenvalue weighted by Crippen LogP contribution is -2.12. The molecule has 0 bridgehead atoms. The number of hydrogen-bond acceptors (Lipinski definition) is 4. The molecule has 0 saturated heterocycles. The van der Waals surface area contributed by atoms with Crippen LogP contribution in [0.25, 0.3) is 0 Å². The first kappa shape index (κ1) is 15.5. The zero-order chi connectivity index (χ0) is 16.1. The Morgan fingerprint density at radius 2 is 2.00 bits per heavy atom. The van der Waals surface area contributed by atoms with Crippen molar-refractivity contribution in [3.8, 4) is 0 Å². The van der Waals surface area contributed by atoms with Gasteiger partial charge in [-0.3, -0.25) is 9.48 Å². The van der Waals surface area contributed by atoms with Crippen molar-refractivity contribution in [3.63, 3.8) is 0 Å². The van der Waals surface area contributed by atoms with Gasteiger partial charge in [-0.1, -0.05) is 24.3 Å². The summed E-state index contributed by atoms with van der Waals surface area (Å²) in [4.78, 5) is 12.2. The van der Waals surface area contributed by atoms with Gasteiger partial charge in [-0.25, -0.2) is 0 Å². The van der Waals surface area contributed by atoms with Crippen LogP contribution in [-0.4, -0.2) is 15.7 Å². The van der Waals surface area contributed by atoms with Crippen molar-refractivity contribution < 1.29 is 4.79 Å². The predicted molar refractivity (Wildman–Crippen MR) is 91.2 cm³/mol. The molecule has 118 valence electrons. The fourth-order valence-electron chi connectivity index (χ4n) is 2.28. The summed E-state index contributed by atoms with van der Waals surface area (Å²) in [6.07, 6.45) is 3.74. The molecule has 3 rings (SSSR count). The Morgan fingerprint density at radius 3 is 2.65 bits per heavy atom. The van der Waals surface area contributed by atoms with Crippen LogP contribution in [0.3, 0.4) is 0 Å². The number of rotatable bonds is 7. The summed E-state index contributed by atoms with van der Waals surface area (Å²) < 4.78 is 1.90. The third kappa shape index (κ3) is 4.28. The minimum Gasteiger partial charge on any atom is -0.366 e. The molecular weight excluding hydrogens is 308 g/mol.